The molecule has 0 aliphatic rings. The summed E-state index contributed by atoms with van der Waals surface area (Å²) in [5.74, 6) is 0.865. The van der Waals surface area contributed by atoms with Gasteiger partial charge in [-0.05, 0) is 50.1 Å². The fourth-order valence-corrected chi connectivity index (χ4v) is 2.49. The zero-order valence-corrected chi connectivity index (χ0v) is 14.1. The number of ether oxygens (including phenoxy) is 1. The van der Waals surface area contributed by atoms with E-state index in [1.54, 1.807) is 7.11 Å². The first kappa shape index (κ1) is 16.0. The van der Waals surface area contributed by atoms with E-state index in [1.807, 2.05) is 56.6 Å². The number of rotatable bonds is 2. The number of aryl methyl sites for hydroxylation is 3. The second-order valence-corrected chi connectivity index (χ2v) is 4.98. The second kappa shape index (κ2) is 6.60. The highest BCUT2D eigenvalue weighted by atomic mass is 16.5. The van der Waals surface area contributed by atoms with Gasteiger partial charge in [-0.1, -0.05) is 19.9 Å². The van der Waals surface area contributed by atoms with E-state index in [2.05, 4.69) is 23.1 Å². The van der Waals surface area contributed by atoms with Crippen molar-refractivity contribution >= 4 is 5.65 Å². The molecule has 0 radical (unpaired) electrons. The van der Waals surface area contributed by atoms with Crippen LogP contribution < -0.4 is 4.74 Å². The Bertz CT molecular complexity index is 790. The lowest BCUT2D eigenvalue weighted by molar-refractivity contribution is 0.414. The number of hydrogen-bond donors (Lipinski definition) is 0. The van der Waals surface area contributed by atoms with Gasteiger partial charge in [0.05, 0.1) is 12.8 Å². The van der Waals surface area contributed by atoms with E-state index >= 15 is 0 Å². The highest BCUT2D eigenvalue weighted by Crippen LogP contribution is 2.31. The van der Waals surface area contributed by atoms with Crippen LogP contribution in [0.25, 0.3) is 16.8 Å². The van der Waals surface area contributed by atoms with Crippen molar-refractivity contribution in [2.45, 2.75) is 34.6 Å². The Kier molecular flexibility index (Phi) is 4.81. The summed E-state index contributed by atoms with van der Waals surface area (Å²) in [6.45, 7) is 10.1. The quantitative estimate of drug-likeness (QED) is 0.705. The summed E-state index contributed by atoms with van der Waals surface area (Å²) in [5, 5.41) is 4.54. The third kappa shape index (κ3) is 2.82. The molecule has 4 heteroatoms. The Labute approximate surface area is 131 Å². The Balaban J connectivity index is 0.000000847. The van der Waals surface area contributed by atoms with Crippen LogP contribution in [0.4, 0.5) is 0 Å². The number of methoxy groups -OCH3 is 1. The molecule has 0 bridgehead atoms. The molecule has 4 nitrogen and oxygen atoms in total. The number of benzene rings is 1. The average molecular weight is 297 g/mol. The van der Waals surface area contributed by atoms with Crippen molar-refractivity contribution in [1.29, 1.82) is 0 Å². The van der Waals surface area contributed by atoms with Crippen LogP contribution in [0, 0.1) is 20.8 Å². The molecule has 0 aliphatic carbocycles. The SMILES string of the molecule is CC.COc1ccc(-c2c(C)nn3ccc(C)nc23)c(C)c1. The monoisotopic (exact) mass is 297 g/mol. The van der Waals surface area contributed by atoms with Crippen LogP contribution in [-0.2, 0) is 0 Å². The Morgan fingerprint density at radius 1 is 1.05 bits per heavy atom. The van der Waals surface area contributed by atoms with E-state index in [1.165, 1.54) is 0 Å². The summed E-state index contributed by atoms with van der Waals surface area (Å²) in [6, 6.07) is 8.04. The zero-order chi connectivity index (χ0) is 16.3. The van der Waals surface area contributed by atoms with Crippen LogP contribution in [0.2, 0.25) is 0 Å². The van der Waals surface area contributed by atoms with Crippen LogP contribution in [0.5, 0.6) is 5.75 Å². The van der Waals surface area contributed by atoms with Gasteiger partial charge < -0.3 is 4.74 Å². The van der Waals surface area contributed by atoms with Crippen LogP contribution in [0.3, 0.4) is 0 Å². The third-order valence-corrected chi connectivity index (χ3v) is 3.50. The normalized spacial score (nSPS) is 10.3. The lowest BCUT2D eigenvalue weighted by Crippen LogP contribution is -1.92. The van der Waals surface area contributed by atoms with Crippen molar-refractivity contribution in [2.24, 2.45) is 0 Å². The molecule has 0 aliphatic heterocycles. The number of hydrogen-bond acceptors (Lipinski definition) is 3. The fraction of sp³-hybridized carbons (Fsp3) is 0.333. The summed E-state index contributed by atoms with van der Waals surface area (Å²) in [5.41, 5.74) is 6.27. The average Bonchev–Trinajstić information content (AvgIpc) is 2.84. The minimum absolute atomic E-state index is 0.865. The van der Waals surface area contributed by atoms with E-state index in [0.717, 1.165) is 39.5 Å². The smallest absolute Gasteiger partial charge is 0.163 e. The van der Waals surface area contributed by atoms with Crippen molar-refractivity contribution in [3.05, 3.63) is 47.4 Å². The van der Waals surface area contributed by atoms with Gasteiger partial charge >= 0.3 is 0 Å². The van der Waals surface area contributed by atoms with Gasteiger partial charge in [0, 0.05) is 17.5 Å². The topological polar surface area (TPSA) is 39.4 Å². The van der Waals surface area contributed by atoms with Gasteiger partial charge in [-0.25, -0.2) is 9.50 Å². The molecule has 22 heavy (non-hydrogen) atoms. The minimum atomic E-state index is 0.865. The molecule has 0 unspecified atom stereocenters. The van der Waals surface area contributed by atoms with Crippen molar-refractivity contribution in [3.63, 3.8) is 0 Å². The van der Waals surface area contributed by atoms with Gasteiger partial charge in [0.25, 0.3) is 0 Å². The fourth-order valence-electron chi connectivity index (χ4n) is 2.49. The predicted octanol–water partition coefficient (Wildman–Crippen LogP) is 4.36. The molecule has 2 heterocycles. The zero-order valence-electron chi connectivity index (χ0n) is 14.1. The first-order chi connectivity index (χ1) is 10.6. The number of nitrogens with zero attached hydrogens (tertiary/aromatic N) is 3. The molecule has 0 spiro atoms. The largest absolute Gasteiger partial charge is 0.497 e. The summed E-state index contributed by atoms with van der Waals surface area (Å²) < 4.78 is 7.10. The van der Waals surface area contributed by atoms with Crippen molar-refractivity contribution in [1.82, 2.24) is 14.6 Å². The van der Waals surface area contributed by atoms with Crippen molar-refractivity contribution in [3.8, 4) is 16.9 Å². The van der Waals surface area contributed by atoms with Gasteiger partial charge in [0.2, 0.25) is 0 Å². The maximum atomic E-state index is 5.27. The molecule has 2 aromatic heterocycles. The third-order valence-electron chi connectivity index (χ3n) is 3.50. The molecule has 116 valence electrons. The Morgan fingerprint density at radius 3 is 2.41 bits per heavy atom. The maximum Gasteiger partial charge on any atom is 0.163 e. The summed E-state index contributed by atoms with van der Waals surface area (Å²) in [7, 11) is 1.68. The van der Waals surface area contributed by atoms with E-state index in [-0.39, 0.29) is 0 Å². The highest BCUT2D eigenvalue weighted by molar-refractivity contribution is 5.82. The molecule has 3 rings (SSSR count). The lowest BCUT2D eigenvalue weighted by Gasteiger charge is -2.08. The Hall–Kier alpha value is -2.36. The molecule has 0 amide bonds. The lowest BCUT2D eigenvalue weighted by atomic mass is 10.0. The minimum Gasteiger partial charge on any atom is -0.497 e. The van der Waals surface area contributed by atoms with Crippen LogP contribution in [0.15, 0.2) is 30.5 Å². The Morgan fingerprint density at radius 2 is 1.77 bits per heavy atom. The second-order valence-electron chi connectivity index (χ2n) is 4.98. The summed E-state index contributed by atoms with van der Waals surface area (Å²) in [6.07, 6.45) is 1.95. The predicted molar refractivity (Wildman–Crippen MR) is 90.5 cm³/mol. The first-order valence-corrected chi connectivity index (χ1v) is 7.58. The van der Waals surface area contributed by atoms with Crippen molar-refractivity contribution < 1.29 is 4.74 Å². The summed E-state index contributed by atoms with van der Waals surface area (Å²) in [4.78, 5) is 4.63. The van der Waals surface area contributed by atoms with E-state index < -0.39 is 0 Å². The van der Waals surface area contributed by atoms with Crippen LogP contribution >= 0.6 is 0 Å². The molecule has 0 fully saturated rings. The number of fused-ring (bicyclic) bond motifs is 1. The van der Waals surface area contributed by atoms with E-state index in [0.29, 0.717) is 0 Å². The molecule has 1 aromatic carbocycles. The molecule has 0 saturated heterocycles. The molecule has 0 atom stereocenters. The van der Waals surface area contributed by atoms with Gasteiger partial charge in [-0.2, -0.15) is 5.10 Å². The van der Waals surface area contributed by atoms with E-state index in [4.69, 9.17) is 4.74 Å². The van der Waals surface area contributed by atoms with Crippen molar-refractivity contribution in [2.75, 3.05) is 7.11 Å². The molecule has 0 N–H and O–H groups in total. The van der Waals surface area contributed by atoms with Gasteiger partial charge in [0.15, 0.2) is 5.65 Å². The summed E-state index contributed by atoms with van der Waals surface area (Å²) >= 11 is 0. The molecule has 3 aromatic rings. The van der Waals surface area contributed by atoms with Crippen LogP contribution in [0.1, 0.15) is 30.8 Å². The standard InChI is InChI=1S/C16H17N3O.C2H6/c1-10-9-13(20-4)5-6-14(10)15-12(3)18-19-8-7-11(2)17-16(15)19;1-2/h5-9H,1-4H3;1-2H3. The first-order valence-electron chi connectivity index (χ1n) is 7.58. The van der Waals surface area contributed by atoms with Gasteiger partial charge in [-0.3, -0.25) is 0 Å². The van der Waals surface area contributed by atoms with Gasteiger partial charge in [-0.15, -0.1) is 0 Å². The number of aromatic nitrogens is 3. The maximum absolute atomic E-state index is 5.27. The van der Waals surface area contributed by atoms with E-state index in [9.17, 15) is 0 Å². The molecular formula is C18H23N3O. The molecule has 0 saturated carbocycles. The molecular weight excluding hydrogens is 274 g/mol. The highest BCUT2D eigenvalue weighted by Gasteiger charge is 2.15. The van der Waals surface area contributed by atoms with Crippen LogP contribution in [-0.4, -0.2) is 21.7 Å². The van der Waals surface area contributed by atoms with Gasteiger partial charge in [0.1, 0.15) is 5.75 Å².